The van der Waals surface area contributed by atoms with Gasteiger partial charge in [0.25, 0.3) is 0 Å². The molecule has 1 aromatic heterocycles. The van der Waals surface area contributed by atoms with E-state index in [1.807, 2.05) is 30.3 Å². The van der Waals surface area contributed by atoms with Crippen LogP contribution in [-0.4, -0.2) is 4.98 Å². The van der Waals surface area contributed by atoms with Crippen molar-refractivity contribution in [1.82, 2.24) is 4.98 Å². The average molecular weight is 408 g/mol. The van der Waals surface area contributed by atoms with E-state index in [-0.39, 0.29) is 0 Å². The largest absolute Gasteiger partial charge is 0.437 e. The predicted molar refractivity (Wildman–Crippen MR) is 73.9 cm³/mol. The molecule has 2 nitrogen and oxygen atoms in total. The summed E-state index contributed by atoms with van der Waals surface area (Å²) in [4.78, 5) is 4.18. The minimum absolute atomic E-state index is 0.537. The van der Waals surface area contributed by atoms with Crippen LogP contribution in [0.25, 0.3) is 0 Å². The molecule has 0 spiro atoms. The maximum atomic E-state index is 5.67. The van der Waals surface area contributed by atoms with E-state index < -0.39 is 0 Å². The first-order valence-electron chi connectivity index (χ1n) is 4.40. The van der Waals surface area contributed by atoms with Gasteiger partial charge in [-0.05, 0) is 66.0 Å². The molecule has 0 amide bonds. The second-order valence-electron chi connectivity index (χ2n) is 2.97. The van der Waals surface area contributed by atoms with Crippen molar-refractivity contribution in [3.63, 3.8) is 0 Å². The van der Waals surface area contributed by atoms with Crippen LogP contribution in [0, 0.1) is 0 Å². The summed E-state index contributed by atoms with van der Waals surface area (Å²) in [5.41, 5.74) is 0. The zero-order valence-electron chi connectivity index (χ0n) is 7.95. The number of para-hydroxylation sites is 1. The number of aromatic nitrogens is 1. The van der Waals surface area contributed by atoms with Gasteiger partial charge in [-0.25, -0.2) is 4.98 Å². The molecule has 1 aromatic carbocycles. The third-order valence-corrected chi connectivity index (χ3v) is 3.47. The monoisotopic (exact) mass is 405 g/mol. The van der Waals surface area contributed by atoms with Crippen molar-refractivity contribution in [1.29, 1.82) is 0 Å². The van der Waals surface area contributed by atoms with Crippen LogP contribution in [0.2, 0.25) is 0 Å². The predicted octanol–water partition coefficient (Wildman–Crippen LogP) is 5.16. The molecule has 0 aliphatic rings. The van der Waals surface area contributed by atoms with Crippen LogP contribution in [0.4, 0.5) is 0 Å². The van der Waals surface area contributed by atoms with Crippen LogP contribution in [-0.2, 0) is 0 Å². The zero-order valence-corrected chi connectivity index (χ0v) is 12.7. The van der Waals surface area contributed by atoms with Crippen LogP contribution >= 0.6 is 47.8 Å². The molecule has 2 rings (SSSR count). The Balaban J connectivity index is 2.31. The minimum Gasteiger partial charge on any atom is -0.437 e. The van der Waals surface area contributed by atoms with Gasteiger partial charge in [-0.2, -0.15) is 0 Å². The van der Waals surface area contributed by atoms with Gasteiger partial charge in [0.1, 0.15) is 5.75 Å². The summed E-state index contributed by atoms with van der Waals surface area (Å²) in [6.07, 6.45) is 1.69. The van der Waals surface area contributed by atoms with Gasteiger partial charge < -0.3 is 4.74 Å². The Bertz CT molecular complexity index is 516. The van der Waals surface area contributed by atoms with Crippen molar-refractivity contribution >= 4 is 47.8 Å². The SMILES string of the molecule is Brc1cnc(Oc2ccccc2Br)c(Br)c1. The number of rotatable bonds is 2. The summed E-state index contributed by atoms with van der Waals surface area (Å²) < 4.78 is 8.27. The lowest BCUT2D eigenvalue weighted by atomic mass is 10.3. The number of ether oxygens (including phenoxy) is 1. The van der Waals surface area contributed by atoms with Gasteiger partial charge >= 0.3 is 0 Å². The Morgan fingerprint density at radius 1 is 1.00 bits per heavy atom. The Morgan fingerprint density at radius 3 is 2.44 bits per heavy atom. The first-order chi connectivity index (χ1) is 7.66. The van der Waals surface area contributed by atoms with Crippen molar-refractivity contribution in [2.45, 2.75) is 0 Å². The Labute approximate surface area is 118 Å². The van der Waals surface area contributed by atoms with E-state index in [1.165, 1.54) is 0 Å². The van der Waals surface area contributed by atoms with Crippen LogP contribution in [0.5, 0.6) is 11.6 Å². The van der Waals surface area contributed by atoms with Crippen LogP contribution < -0.4 is 4.74 Å². The van der Waals surface area contributed by atoms with Gasteiger partial charge in [0.15, 0.2) is 0 Å². The van der Waals surface area contributed by atoms with Gasteiger partial charge in [0.05, 0.1) is 8.95 Å². The highest BCUT2D eigenvalue weighted by molar-refractivity contribution is 9.11. The fraction of sp³-hybridized carbons (Fsp3) is 0. The molecule has 16 heavy (non-hydrogen) atoms. The summed E-state index contributed by atoms with van der Waals surface area (Å²) in [7, 11) is 0. The maximum absolute atomic E-state index is 5.67. The summed E-state index contributed by atoms with van der Waals surface area (Å²) in [5.74, 6) is 1.27. The molecular formula is C11H6Br3NO. The number of hydrogen-bond acceptors (Lipinski definition) is 2. The fourth-order valence-electron chi connectivity index (χ4n) is 1.11. The van der Waals surface area contributed by atoms with Crippen molar-refractivity contribution in [3.8, 4) is 11.6 Å². The van der Waals surface area contributed by atoms with Crippen molar-refractivity contribution in [2.75, 3.05) is 0 Å². The number of benzene rings is 1. The highest BCUT2D eigenvalue weighted by Crippen LogP contribution is 2.33. The molecule has 0 N–H and O–H groups in total. The number of pyridine rings is 1. The molecule has 5 heteroatoms. The molecule has 0 aliphatic carbocycles. The molecule has 0 saturated heterocycles. The average Bonchev–Trinajstić information content (AvgIpc) is 2.25. The van der Waals surface area contributed by atoms with Gasteiger partial charge in [-0.1, -0.05) is 12.1 Å². The van der Waals surface area contributed by atoms with Gasteiger partial charge in [-0.3, -0.25) is 0 Å². The van der Waals surface area contributed by atoms with E-state index in [1.54, 1.807) is 6.20 Å². The van der Waals surface area contributed by atoms with E-state index in [0.29, 0.717) is 5.88 Å². The first kappa shape index (κ1) is 12.1. The fourth-order valence-corrected chi connectivity index (χ4v) is 2.54. The standard InChI is InChI=1S/C11H6Br3NO/c12-7-5-9(14)11(15-6-7)16-10-4-2-1-3-8(10)13/h1-6H. The maximum Gasteiger partial charge on any atom is 0.233 e. The molecule has 0 fully saturated rings. The van der Waals surface area contributed by atoms with E-state index >= 15 is 0 Å². The second kappa shape index (κ2) is 5.29. The molecule has 0 atom stereocenters. The molecule has 1 heterocycles. The van der Waals surface area contributed by atoms with Gasteiger partial charge in [0.2, 0.25) is 5.88 Å². The molecule has 0 bridgehead atoms. The second-order valence-corrected chi connectivity index (χ2v) is 5.60. The van der Waals surface area contributed by atoms with Crippen LogP contribution in [0.1, 0.15) is 0 Å². The summed E-state index contributed by atoms with van der Waals surface area (Å²) in [5, 5.41) is 0. The number of hydrogen-bond donors (Lipinski definition) is 0. The summed E-state index contributed by atoms with van der Waals surface area (Å²) in [6.45, 7) is 0. The normalized spacial score (nSPS) is 10.2. The molecule has 82 valence electrons. The lowest BCUT2D eigenvalue weighted by molar-refractivity contribution is 0.456. The lowest BCUT2D eigenvalue weighted by Crippen LogP contribution is -1.89. The highest BCUT2D eigenvalue weighted by Gasteiger charge is 2.07. The molecule has 0 radical (unpaired) electrons. The zero-order chi connectivity index (χ0) is 11.5. The molecule has 0 unspecified atom stereocenters. The molecule has 0 saturated carbocycles. The van der Waals surface area contributed by atoms with Crippen molar-refractivity contribution < 1.29 is 4.74 Å². The Morgan fingerprint density at radius 2 is 1.75 bits per heavy atom. The topological polar surface area (TPSA) is 22.1 Å². The molecular weight excluding hydrogens is 402 g/mol. The third kappa shape index (κ3) is 2.84. The smallest absolute Gasteiger partial charge is 0.233 e. The van der Waals surface area contributed by atoms with E-state index in [9.17, 15) is 0 Å². The van der Waals surface area contributed by atoms with Crippen molar-refractivity contribution in [3.05, 3.63) is 49.9 Å². The molecule has 0 aliphatic heterocycles. The Hall–Kier alpha value is -0.390. The number of nitrogens with zero attached hydrogens (tertiary/aromatic N) is 1. The van der Waals surface area contributed by atoms with Crippen LogP contribution in [0.15, 0.2) is 49.9 Å². The van der Waals surface area contributed by atoms with Gasteiger partial charge in [-0.15, -0.1) is 0 Å². The summed E-state index contributed by atoms with van der Waals surface area (Å²) >= 11 is 10.2. The van der Waals surface area contributed by atoms with Crippen LogP contribution in [0.3, 0.4) is 0 Å². The first-order valence-corrected chi connectivity index (χ1v) is 6.78. The minimum atomic E-state index is 0.537. The van der Waals surface area contributed by atoms with Crippen molar-refractivity contribution in [2.24, 2.45) is 0 Å². The third-order valence-electron chi connectivity index (χ3n) is 1.82. The van der Waals surface area contributed by atoms with E-state index in [0.717, 1.165) is 19.2 Å². The van der Waals surface area contributed by atoms with Gasteiger partial charge in [0, 0.05) is 10.7 Å². The van der Waals surface area contributed by atoms with E-state index in [2.05, 4.69) is 52.8 Å². The number of halogens is 3. The summed E-state index contributed by atoms with van der Waals surface area (Å²) in [6, 6.07) is 9.52. The molecule has 2 aromatic rings. The highest BCUT2D eigenvalue weighted by atomic mass is 79.9. The Kier molecular flexibility index (Phi) is 4.00. The quantitative estimate of drug-likeness (QED) is 0.685. The van der Waals surface area contributed by atoms with E-state index in [4.69, 9.17) is 4.74 Å². The lowest BCUT2D eigenvalue weighted by Gasteiger charge is -2.07.